The van der Waals surface area contributed by atoms with Gasteiger partial charge < -0.3 is 10.5 Å². The number of ketones is 1. The van der Waals surface area contributed by atoms with Crippen LogP contribution in [0.15, 0.2) is 18.2 Å². The topological polar surface area (TPSA) is 52.3 Å². The molecule has 0 amide bonds. The molecule has 0 heterocycles. The number of Topliss-reactive ketones (excluding diaryl/α,β-unsaturated/α-hetero) is 1. The van der Waals surface area contributed by atoms with Crippen molar-refractivity contribution in [1.29, 1.82) is 0 Å². The Kier molecular flexibility index (Phi) is 5.38. The van der Waals surface area contributed by atoms with Crippen LogP contribution in [0.25, 0.3) is 0 Å². The van der Waals surface area contributed by atoms with Crippen LogP contribution in [-0.2, 0) is 16.0 Å². The second-order valence-electron chi connectivity index (χ2n) is 3.29. The Bertz CT molecular complexity index is 371. The van der Waals surface area contributed by atoms with Gasteiger partial charge >= 0.3 is 0 Å². The van der Waals surface area contributed by atoms with Crippen LogP contribution in [-0.4, -0.2) is 25.5 Å². The summed E-state index contributed by atoms with van der Waals surface area (Å²) in [6.07, 6.45) is 0.0706. The zero-order chi connectivity index (χ0) is 12.0. The Morgan fingerprint density at radius 3 is 2.94 bits per heavy atom. The van der Waals surface area contributed by atoms with Crippen molar-refractivity contribution < 1.29 is 13.9 Å². The summed E-state index contributed by atoms with van der Waals surface area (Å²) in [6.45, 7) is 0.681. The lowest BCUT2D eigenvalue weighted by molar-refractivity contribution is -0.122. The molecule has 1 aromatic carbocycles. The van der Waals surface area contributed by atoms with E-state index >= 15 is 0 Å². The summed E-state index contributed by atoms with van der Waals surface area (Å²) in [5.41, 5.74) is 5.68. The largest absolute Gasteiger partial charge is 0.372 e. The number of rotatable bonds is 6. The van der Waals surface area contributed by atoms with Crippen LogP contribution in [0.2, 0.25) is 5.02 Å². The molecule has 0 atom stereocenters. The zero-order valence-electron chi connectivity index (χ0n) is 8.71. The molecule has 0 radical (unpaired) electrons. The highest BCUT2D eigenvalue weighted by molar-refractivity contribution is 6.31. The molecular formula is C11H13ClFNO2. The second-order valence-corrected chi connectivity index (χ2v) is 3.70. The van der Waals surface area contributed by atoms with E-state index in [1.165, 1.54) is 18.2 Å². The molecule has 0 spiro atoms. The second kappa shape index (κ2) is 6.58. The van der Waals surface area contributed by atoms with Gasteiger partial charge in [0, 0.05) is 18.0 Å². The number of halogens is 2. The maximum absolute atomic E-state index is 12.9. The van der Waals surface area contributed by atoms with Crippen molar-refractivity contribution in [2.45, 2.75) is 6.42 Å². The first-order valence-corrected chi connectivity index (χ1v) is 5.24. The van der Waals surface area contributed by atoms with Crippen molar-refractivity contribution in [3.8, 4) is 0 Å². The van der Waals surface area contributed by atoms with Crippen LogP contribution in [0.4, 0.5) is 4.39 Å². The van der Waals surface area contributed by atoms with Gasteiger partial charge in [-0.2, -0.15) is 0 Å². The number of hydrogen-bond donors (Lipinski definition) is 1. The Labute approximate surface area is 98.3 Å². The summed E-state index contributed by atoms with van der Waals surface area (Å²) < 4.78 is 17.9. The normalized spacial score (nSPS) is 10.4. The number of nitrogens with two attached hydrogens (primary N) is 1. The van der Waals surface area contributed by atoms with Crippen molar-refractivity contribution in [1.82, 2.24) is 0 Å². The van der Waals surface area contributed by atoms with Gasteiger partial charge in [-0.3, -0.25) is 4.79 Å². The van der Waals surface area contributed by atoms with Gasteiger partial charge in [-0.05, 0) is 23.8 Å². The third-order valence-electron chi connectivity index (χ3n) is 1.92. The van der Waals surface area contributed by atoms with Crippen LogP contribution < -0.4 is 5.73 Å². The van der Waals surface area contributed by atoms with Crippen LogP contribution in [0, 0.1) is 5.82 Å². The molecule has 0 aliphatic rings. The van der Waals surface area contributed by atoms with Gasteiger partial charge in [0.15, 0.2) is 5.78 Å². The van der Waals surface area contributed by atoms with Crippen molar-refractivity contribution in [2.75, 3.05) is 19.8 Å². The van der Waals surface area contributed by atoms with E-state index < -0.39 is 5.82 Å². The molecule has 0 unspecified atom stereocenters. The van der Waals surface area contributed by atoms with E-state index in [2.05, 4.69) is 0 Å². The summed E-state index contributed by atoms with van der Waals surface area (Å²) in [4.78, 5) is 11.4. The van der Waals surface area contributed by atoms with E-state index in [4.69, 9.17) is 22.1 Å². The van der Waals surface area contributed by atoms with Gasteiger partial charge in [-0.25, -0.2) is 4.39 Å². The lowest BCUT2D eigenvalue weighted by Gasteiger charge is -2.04. The summed E-state index contributed by atoms with van der Waals surface area (Å²) in [5, 5.41) is 0.383. The SMILES string of the molecule is NCCOCC(=O)Cc1cc(F)ccc1Cl. The minimum atomic E-state index is -0.407. The molecule has 0 bridgehead atoms. The third kappa shape index (κ3) is 4.26. The monoisotopic (exact) mass is 245 g/mol. The van der Waals surface area contributed by atoms with Crippen molar-refractivity contribution in [2.24, 2.45) is 5.73 Å². The predicted molar refractivity (Wildman–Crippen MR) is 60.0 cm³/mol. The summed E-state index contributed by atoms with van der Waals surface area (Å²) in [7, 11) is 0. The van der Waals surface area contributed by atoms with Crippen LogP contribution in [0.1, 0.15) is 5.56 Å². The molecule has 2 N–H and O–H groups in total. The summed E-state index contributed by atoms with van der Waals surface area (Å²) in [5.74, 6) is -0.559. The molecule has 1 rings (SSSR count). The first-order chi connectivity index (χ1) is 7.63. The van der Waals surface area contributed by atoms with Crippen molar-refractivity contribution in [3.05, 3.63) is 34.6 Å². The maximum Gasteiger partial charge on any atom is 0.162 e. The van der Waals surface area contributed by atoms with E-state index in [-0.39, 0.29) is 18.8 Å². The molecule has 0 aromatic heterocycles. The highest BCUT2D eigenvalue weighted by Gasteiger charge is 2.08. The number of benzene rings is 1. The molecule has 5 heteroatoms. The van der Waals surface area contributed by atoms with Crippen LogP contribution in [0.3, 0.4) is 0 Å². The lowest BCUT2D eigenvalue weighted by Crippen LogP contribution is -2.16. The first kappa shape index (κ1) is 13.1. The van der Waals surface area contributed by atoms with E-state index in [0.29, 0.717) is 23.7 Å². The molecule has 0 aliphatic carbocycles. The van der Waals surface area contributed by atoms with Gasteiger partial charge in [0.05, 0.1) is 6.61 Å². The minimum absolute atomic E-state index is 0.0238. The molecule has 0 saturated heterocycles. The molecule has 16 heavy (non-hydrogen) atoms. The van der Waals surface area contributed by atoms with Crippen molar-refractivity contribution >= 4 is 17.4 Å². The van der Waals surface area contributed by atoms with E-state index in [9.17, 15) is 9.18 Å². The highest BCUT2D eigenvalue weighted by atomic mass is 35.5. The van der Waals surface area contributed by atoms with E-state index in [1.54, 1.807) is 0 Å². The van der Waals surface area contributed by atoms with Gasteiger partial charge in [-0.15, -0.1) is 0 Å². The average molecular weight is 246 g/mol. The average Bonchev–Trinajstić information content (AvgIpc) is 2.24. The van der Waals surface area contributed by atoms with Gasteiger partial charge in [-0.1, -0.05) is 11.6 Å². The lowest BCUT2D eigenvalue weighted by atomic mass is 10.1. The number of ether oxygens (including phenoxy) is 1. The molecule has 3 nitrogen and oxygen atoms in total. The zero-order valence-corrected chi connectivity index (χ0v) is 9.47. The molecule has 0 aliphatic heterocycles. The molecule has 0 fully saturated rings. The Balaban J connectivity index is 2.52. The fourth-order valence-electron chi connectivity index (χ4n) is 1.21. The fraction of sp³-hybridized carbons (Fsp3) is 0.364. The molecule has 88 valence electrons. The molecular weight excluding hydrogens is 233 g/mol. The predicted octanol–water partition coefficient (Wildman–Crippen LogP) is 1.57. The summed E-state index contributed by atoms with van der Waals surface area (Å²) in [6, 6.07) is 3.94. The fourth-order valence-corrected chi connectivity index (χ4v) is 1.40. The van der Waals surface area contributed by atoms with Gasteiger partial charge in [0.1, 0.15) is 12.4 Å². The van der Waals surface area contributed by atoms with Crippen LogP contribution in [0.5, 0.6) is 0 Å². The van der Waals surface area contributed by atoms with E-state index in [0.717, 1.165) is 0 Å². The quantitative estimate of drug-likeness (QED) is 0.774. The van der Waals surface area contributed by atoms with Crippen molar-refractivity contribution in [3.63, 3.8) is 0 Å². The number of hydrogen-bond acceptors (Lipinski definition) is 3. The minimum Gasteiger partial charge on any atom is -0.372 e. The first-order valence-electron chi connectivity index (χ1n) is 4.87. The van der Waals surface area contributed by atoms with Gasteiger partial charge in [0.25, 0.3) is 0 Å². The standard InChI is InChI=1S/C11H13ClFNO2/c12-11-2-1-9(13)5-8(11)6-10(15)7-16-4-3-14/h1-2,5H,3-4,6-7,14H2. The smallest absolute Gasteiger partial charge is 0.162 e. The van der Waals surface area contributed by atoms with E-state index in [1.807, 2.05) is 0 Å². The Hall–Kier alpha value is -0.970. The number of carbonyl (C=O) groups excluding carboxylic acids is 1. The van der Waals surface area contributed by atoms with Crippen LogP contribution >= 0.6 is 11.6 Å². The Morgan fingerprint density at radius 1 is 1.50 bits per heavy atom. The Morgan fingerprint density at radius 2 is 2.25 bits per heavy atom. The number of carbonyl (C=O) groups is 1. The summed E-state index contributed by atoms with van der Waals surface area (Å²) >= 11 is 5.82. The highest BCUT2D eigenvalue weighted by Crippen LogP contribution is 2.17. The third-order valence-corrected chi connectivity index (χ3v) is 2.29. The maximum atomic E-state index is 12.9. The molecule has 0 saturated carbocycles. The van der Waals surface area contributed by atoms with Gasteiger partial charge in [0.2, 0.25) is 0 Å². The molecule has 1 aromatic rings.